The Balaban J connectivity index is 1.92. The summed E-state index contributed by atoms with van der Waals surface area (Å²) < 4.78 is 5.53. The second-order valence-corrected chi connectivity index (χ2v) is 4.76. The van der Waals surface area contributed by atoms with Crippen LogP contribution in [0, 0.1) is 6.92 Å². The summed E-state index contributed by atoms with van der Waals surface area (Å²) in [5.74, 6) is 0.883. The molecule has 1 N–H and O–H groups in total. The minimum atomic E-state index is 0.0843. The summed E-state index contributed by atoms with van der Waals surface area (Å²) >= 11 is 5.87. The SMILES string of the molecule is Cc1cc(N2CCC(OCCO)CC2)nc(Cl)n1. The molecule has 1 fully saturated rings. The molecule has 18 heavy (non-hydrogen) atoms. The Hall–Kier alpha value is -0.910. The first-order valence-electron chi connectivity index (χ1n) is 6.17. The first kappa shape index (κ1) is 13.5. The third kappa shape index (κ3) is 3.54. The number of nitrogens with zero attached hydrogens (tertiary/aromatic N) is 3. The zero-order valence-electron chi connectivity index (χ0n) is 10.5. The maximum absolute atomic E-state index is 8.72. The molecule has 0 radical (unpaired) electrons. The highest BCUT2D eigenvalue weighted by molar-refractivity contribution is 6.28. The summed E-state index contributed by atoms with van der Waals surface area (Å²) in [6.45, 7) is 4.20. The minimum absolute atomic E-state index is 0.0843. The molecule has 1 saturated heterocycles. The minimum Gasteiger partial charge on any atom is -0.394 e. The molecule has 1 aromatic rings. The zero-order chi connectivity index (χ0) is 13.0. The van der Waals surface area contributed by atoms with Crippen LogP contribution in [-0.4, -0.2) is 47.5 Å². The molecule has 2 rings (SSSR count). The molecule has 0 aromatic carbocycles. The Labute approximate surface area is 112 Å². The average molecular weight is 272 g/mol. The van der Waals surface area contributed by atoms with Crippen molar-refractivity contribution in [3.05, 3.63) is 17.0 Å². The van der Waals surface area contributed by atoms with E-state index < -0.39 is 0 Å². The van der Waals surface area contributed by atoms with Crippen molar-refractivity contribution < 1.29 is 9.84 Å². The molecule has 1 aliphatic heterocycles. The highest BCUT2D eigenvalue weighted by atomic mass is 35.5. The lowest BCUT2D eigenvalue weighted by molar-refractivity contribution is 0.0158. The third-order valence-corrected chi connectivity index (χ3v) is 3.19. The monoisotopic (exact) mass is 271 g/mol. The van der Waals surface area contributed by atoms with E-state index in [1.165, 1.54) is 0 Å². The summed E-state index contributed by atoms with van der Waals surface area (Å²) in [6.07, 6.45) is 2.13. The fourth-order valence-corrected chi connectivity index (χ4v) is 2.37. The number of hydrogen-bond donors (Lipinski definition) is 1. The Kier molecular flexibility index (Phi) is 4.74. The fraction of sp³-hybridized carbons (Fsp3) is 0.667. The van der Waals surface area contributed by atoms with Crippen molar-refractivity contribution in [2.75, 3.05) is 31.2 Å². The number of aliphatic hydroxyl groups excluding tert-OH is 1. The number of aromatic nitrogens is 2. The maximum Gasteiger partial charge on any atom is 0.224 e. The zero-order valence-corrected chi connectivity index (χ0v) is 11.2. The van der Waals surface area contributed by atoms with Crippen LogP contribution in [0.2, 0.25) is 5.28 Å². The van der Waals surface area contributed by atoms with Gasteiger partial charge in [-0.3, -0.25) is 0 Å². The van der Waals surface area contributed by atoms with Crippen molar-refractivity contribution in [2.45, 2.75) is 25.9 Å². The second kappa shape index (κ2) is 6.31. The van der Waals surface area contributed by atoms with Gasteiger partial charge in [-0.05, 0) is 31.4 Å². The highest BCUT2D eigenvalue weighted by Gasteiger charge is 2.20. The molecule has 0 amide bonds. The molecule has 0 unspecified atom stereocenters. The van der Waals surface area contributed by atoms with Gasteiger partial charge in [-0.15, -0.1) is 0 Å². The molecule has 0 saturated carbocycles. The average Bonchev–Trinajstić information content (AvgIpc) is 2.36. The van der Waals surface area contributed by atoms with Crippen molar-refractivity contribution in [3.8, 4) is 0 Å². The normalized spacial score (nSPS) is 17.2. The Morgan fingerprint density at radius 1 is 1.44 bits per heavy atom. The van der Waals surface area contributed by atoms with E-state index in [0.717, 1.165) is 37.4 Å². The number of piperidine rings is 1. The van der Waals surface area contributed by atoms with E-state index in [1.54, 1.807) is 0 Å². The Bertz CT molecular complexity index is 375. The van der Waals surface area contributed by atoms with Gasteiger partial charge in [0.2, 0.25) is 5.28 Å². The molecular weight excluding hydrogens is 254 g/mol. The lowest BCUT2D eigenvalue weighted by Gasteiger charge is -2.32. The van der Waals surface area contributed by atoms with Crippen LogP contribution < -0.4 is 4.90 Å². The van der Waals surface area contributed by atoms with Crippen LogP contribution in [0.25, 0.3) is 0 Å². The highest BCUT2D eigenvalue weighted by Crippen LogP contribution is 2.21. The molecule has 0 atom stereocenters. The molecule has 1 aliphatic rings. The van der Waals surface area contributed by atoms with Gasteiger partial charge in [0.15, 0.2) is 0 Å². The van der Waals surface area contributed by atoms with Gasteiger partial charge in [0.1, 0.15) is 5.82 Å². The van der Waals surface area contributed by atoms with Crippen LogP contribution >= 0.6 is 11.6 Å². The van der Waals surface area contributed by atoms with E-state index in [2.05, 4.69) is 14.9 Å². The molecule has 0 bridgehead atoms. The van der Waals surface area contributed by atoms with Crippen molar-refractivity contribution in [1.82, 2.24) is 9.97 Å². The lowest BCUT2D eigenvalue weighted by atomic mass is 10.1. The number of halogens is 1. The van der Waals surface area contributed by atoms with Crippen LogP contribution in [0.4, 0.5) is 5.82 Å². The summed E-state index contributed by atoms with van der Waals surface area (Å²) in [5, 5.41) is 9.02. The predicted molar refractivity (Wildman–Crippen MR) is 70.1 cm³/mol. The predicted octanol–water partition coefficient (Wildman–Crippen LogP) is 1.42. The molecule has 0 aliphatic carbocycles. The largest absolute Gasteiger partial charge is 0.394 e. The van der Waals surface area contributed by atoms with Gasteiger partial charge in [-0.1, -0.05) is 0 Å². The van der Waals surface area contributed by atoms with E-state index in [4.69, 9.17) is 21.4 Å². The van der Waals surface area contributed by atoms with Gasteiger partial charge in [0.05, 0.1) is 19.3 Å². The quantitative estimate of drug-likeness (QED) is 0.840. The Morgan fingerprint density at radius 2 is 2.17 bits per heavy atom. The first-order valence-corrected chi connectivity index (χ1v) is 6.55. The number of aliphatic hydroxyl groups is 1. The van der Waals surface area contributed by atoms with Crippen LogP contribution in [-0.2, 0) is 4.74 Å². The van der Waals surface area contributed by atoms with Crippen LogP contribution in [0.3, 0.4) is 0 Å². The molecule has 100 valence electrons. The van der Waals surface area contributed by atoms with Crippen molar-refractivity contribution in [2.24, 2.45) is 0 Å². The second-order valence-electron chi connectivity index (χ2n) is 4.42. The van der Waals surface area contributed by atoms with Crippen LogP contribution in [0.1, 0.15) is 18.5 Å². The van der Waals surface area contributed by atoms with Gasteiger partial charge in [0.25, 0.3) is 0 Å². The van der Waals surface area contributed by atoms with Crippen molar-refractivity contribution in [3.63, 3.8) is 0 Å². The van der Waals surface area contributed by atoms with Gasteiger partial charge in [-0.2, -0.15) is 0 Å². The maximum atomic E-state index is 8.72. The van der Waals surface area contributed by atoms with E-state index in [0.29, 0.717) is 11.9 Å². The molecule has 2 heterocycles. The van der Waals surface area contributed by atoms with E-state index >= 15 is 0 Å². The fourth-order valence-electron chi connectivity index (χ4n) is 2.15. The Morgan fingerprint density at radius 3 is 2.78 bits per heavy atom. The number of anilines is 1. The van der Waals surface area contributed by atoms with Gasteiger partial charge in [0, 0.05) is 24.8 Å². The smallest absolute Gasteiger partial charge is 0.224 e. The summed E-state index contributed by atoms with van der Waals surface area (Å²) in [7, 11) is 0. The summed E-state index contributed by atoms with van der Waals surface area (Å²) in [5.41, 5.74) is 0.878. The van der Waals surface area contributed by atoms with Gasteiger partial charge >= 0.3 is 0 Å². The van der Waals surface area contributed by atoms with E-state index in [1.807, 2.05) is 13.0 Å². The molecule has 5 nitrogen and oxygen atoms in total. The van der Waals surface area contributed by atoms with Crippen molar-refractivity contribution >= 4 is 17.4 Å². The molecule has 0 spiro atoms. The van der Waals surface area contributed by atoms with Gasteiger partial charge in [-0.25, -0.2) is 9.97 Å². The number of aryl methyl sites for hydroxylation is 1. The van der Waals surface area contributed by atoms with E-state index in [9.17, 15) is 0 Å². The first-order chi connectivity index (χ1) is 8.69. The number of ether oxygens (including phenoxy) is 1. The van der Waals surface area contributed by atoms with Crippen LogP contribution in [0.5, 0.6) is 0 Å². The van der Waals surface area contributed by atoms with E-state index in [-0.39, 0.29) is 12.7 Å². The standard InChI is InChI=1S/C12H18ClN3O2/c1-9-8-11(15-12(13)14-9)16-4-2-10(3-5-16)18-7-6-17/h8,10,17H,2-7H2,1H3. The molecule has 6 heteroatoms. The van der Waals surface area contributed by atoms with Crippen molar-refractivity contribution in [1.29, 1.82) is 0 Å². The molecule has 1 aromatic heterocycles. The van der Waals surface area contributed by atoms with Crippen LogP contribution in [0.15, 0.2) is 6.07 Å². The number of hydrogen-bond acceptors (Lipinski definition) is 5. The lowest BCUT2D eigenvalue weighted by Crippen LogP contribution is -2.37. The third-order valence-electron chi connectivity index (χ3n) is 3.02. The topological polar surface area (TPSA) is 58.5 Å². The summed E-state index contributed by atoms with van der Waals surface area (Å²) in [4.78, 5) is 10.5. The summed E-state index contributed by atoms with van der Waals surface area (Å²) in [6, 6.07) is 1.95. The number of rotatable bonds is 4. The molecular formula is C12H18ClN3O2. The van der Waals surface area contributed by atoms with Gasteiger partial charge < -0.3 is 14.7 Å².